The molecule has 1 unspecified atom stereocenters. The zero-order valence-corrected chi connectivity index (χ0v) is 16.1. The molecular formula is C19H31N3O4. The molecule has 1 aliphatic rings. The molecule has 1 aliphatic carbocycles. The van der Waals surface area contributed by atoms with Crippen molar-refractivity contribution in [2.75, 3.05) is 6.61 Å². The smallest absolute Gasteiger partial charge is 0.303 e. The Hall–Kier alpha value is -2.05. The maximum absolute atomic E-state index is 12.3. The number of carbonyl (C=O) groups is 2. The number of carbonyl (C=O) groups excluding carboxylic acids is 1. The van der Waals surface area contributed by atoms with Gasteiger partial charge in [0.25, 0.3) is 5.91 Å². The van der Waals surface area contributed by atoms with Crippen LogP contribution < -0.4 is 10.1 Å². The zero-order valence-electron chi connectivity index (χ0n) is 16.1. The van der Waals surface area contributed by atoms with Gasteiger partial charge < -0.3 is 15.2 Å². The molecule has 1 heterocycles. The number of nitrogens with one attached hydrogen (secondary N) is 1. The predicted molar refractivity (Wildman–Crippen MR) is 98.2 cm³/mol. The first kappa shape index (κ1) is 20.3. The Kier molecular flexibility index (Phi) is 7.48. The van der Waals surface area contributed by atoms with Gasteiger partial charge >= 0.3 is 5.97 Å². The van der Waals surface area contributed by atoms with Crippen LogP contribution in [-0.2, 0) is 16.6 Å². The van der Waals surface area contributed by atoms with Crippen LogP contribution in [0.2, 0.25) is 0 Å². The van der Waals surface area contributed by atoms with Crippen molar-refractivity contribution < 1.29 is 19.4 Å². The lowest BCUT2D eigenvalue weighted by Gasteiger charge is -2.27. The number of carboxylic acids is 1. The van der Waals surface area contributed by atoms with E-state index in [1.165, 1.54) is 32.1 Å². The molecule has 0 radical (unpaired) electrons. The van der Waals surface area contributed by atoms with E-state index in [9.17, 15) is 9.59 Å². The monoisotopic (exact) mass is 365 g/mol. The maximum atomic E-state index is 12.3. The van der Waals surface area contributed by atoms with E-state index in [0.29, 0.717) is 18.1 Å². The van der Waals surface area contributed by atoms with Gasteiger partial charge in [0.2, 0.25) is 0 Å². The fourth-order valence-electron chi connectivity index (χ4n) is 3.74. The first-order chi connectivity index (χ1) is 12.4. The van der Waals surface area contributed by atoms with Gasteiger partial charge in [-0.15, -0.1) is 0 Å². The molecule has 2 rings (SSSR count). The SMILES string of the molecule is Cc1nn(C)c(C)c1OCC(=O)NC(CCC(=O)O)CC1CCCCC1. The number of rotatable bonds is 9. The van der Waals surface area contributed by atoms with Crippen LogP contribution >= 0.6 is 0 Å². The van der Waals surface area contributed by atoms with E-state index in [4.69, 9.17) is 9.84 Å². The summed E-state index contributed by atoms with van der Waals surface area (Å²) in [6.45, 7) is 3.66. The third-order valence-electron chi connectivity index (χ3n) is 5.20. The Morgan fingerprint density at radius 2 is 2.00 bits per heavy atom. The summed E-state index contributed by atoms with van der Waals surface area (Å²) in [6, 6.07) is -0.110. The molecule has 1 fully saturated rings. The first-order valence-corrected chi connectivity index (χ1v) is 9.51. The highest BCUT2D eigenvalue weighted by atomic mass is 16.5. The van der Waals surface area contributed by atoms with Crippen LogP contribution in [0.15, 0.2) is 0 Å². The third kappa shape index (κ3) is 6.04. The van der Waals surface area contributed by atoms with E-state index >= 15 is 0 Å². The normalized spacial score (nSPS) is 16.3. The molecule has 0 saturated heterocycles. The van der Waals surface area contributed by atoms with Gasteiger partial charge in [0, 0.05) is 19.5 Å². The van der Waals surface area contributed by atoms with Crippen LogP contribution in [0.4, 0.5) is 0 Å². The summed E-state index contributed by atoms with van der Waals surface area (Å²) in [6.07, 6.45) is 7.46. The van der Waals surface area contributed by atoms with Gasteiger partial charge in [0.05, 0.1) is 5.69 Å². The number of hydrogen-bond acceptors (Lipinski definition) is 4. The van der Waals surface area contributed by atoms with Crippen LogP contribution in [-0.4, -0.2) is 39.4 Å². The van der Waals surface area contributed by atoms with Crippen LogP contribution in [0.1, 0.15) is 62.8 Å². The number of ether oxygens (including phenoxy) is 1. The summed E-state index contributed by atoms with van der Waals surface area (Å²) in [5.41, 5.74) is 1.63. The van der Waals surface area contributed by atoms with Gasteiger partial charge in [0.15, 0.2) is 12.4 Å². The molecule has 0 bridgehead atoms. The molecule has 0 aliphatic heterocycles. The number of aryl methyl sites for hydroxylation is 2. The van der Waals surface area contributed by atoms with Crippen molar-refractivity contribution in [3.63, 3.8) is 0 Å². The minimum atomic E-state index is -0.828. The Balaban J connectivity index is 1.88. The molecule has 1 atom stereocenters. The van der Waals surface area contributed by atoms with Crippen molar-refractivity contribution in [1.29, 1.82) is 0 Å². The van der Waals surface area contributed by atoms with E-state index < -0.39 is 5.97 Å². The lowest BCUT2D eigenvalue weighted by Crippen LogP contribution is -2.39. The fraction of sp³-hybridized carbons (Fsp3) is 0.737. The number of hydrogen-bond donors (Lipinski definition) is 2. The van der Waals surface area contributed by atoms with Crippen LogP contribution in [0.25, 0.3) is 0 Å². The highest BCUT2D eigenvalue weighted by Crippen LogP contribution is 2.28. The summed E-state index contributed by atoms with van der Waals surface area (Å²) < 4.78 is 7.38. The molecule has 146 valence electrons. The Bertz CT molecular complexity index is 621. The summed E-state index contributed by atoms with van der Waals surface area (Å²) in [7, 11) is 1.83. The van der Waals surface area contributed by atoms with Crippen molar-refractivity contribution in [3.8, 4) is 5.75 Å². The predicted octanol–water partition coefficient (Wildman–Crippen LogP) is 2.74. The van der Waals surface area contributed by atoms with E-state index in [1.807, 2.05) is 20.9 Å². The van der Waals surface area contributed by atoms with Crippen molar-refractivity contribution >= 4 is 11.9 Å². The second kappa shape index (κ2) is 9.59. The molecule has 1 saturated carbocycles. The first-order valence-electron chi connectivity index (χ1n) is 9.51. The average Bonchev–Trinajstić information content (AvgIpc) is 2.84. The average molecular weight is 365 g/mol. The molecule has 7 heteroatoms. The minimum absolute atomic E-state index is 0.0688. The summed E-state index contributed by atoms with van der Waals surface area (Å²) >= 11 is 0. The maximum Gasteiger partial charge on any atom is 0.303 e. The van der Waals surface area contributed by atoms with Crippen molar-refractivity contribution in [1.82, 2.24) is 15.1 Å². The zero-order chi connectivity index (χ0) is 19.1. The Morgan fingerprint density at radius 1 is 1.31 bits per heavy atom. The number of aliphatic carboxylic acids is 1. The Labute approximate surface area is 155 Å². The molecule has 2 N–H and O–H groups in total. The second-order valence-electron chi connectivity index (χ2n) is 7.35. The summed E-state index contributed by atoms with van der Waals surface area (Å²) in [4.78, 5) is 23.3. The van der Waals surface area contributed by atoms with Gasteiger partial charge in [0.1, 0.15) is 5.69 Å². The molecule has 1 aromatic heterocycles. The molecule has 0 spiro atoms. The largest absolute Gasteiger partial charge is 0.481 e. The number of aromatic nitrogens is 2. The van der Waals surface area contributed by atoms with E-state index in [1.54, 1.807) is 4.68 Å². The minimum Gasteiger partial charge on any atom is -0.481 e. The summed E-state index contributed by atoms with van der Waals surface area (Å²) in [5, 5.41) is 16.2. The van der Waals surface area contributed by atoms with Crippen LogP contribution in [0.3, 0.4) is 0 Å². The van der Waals surface area contributed by atoms with E-state index in [0.717, 1.165) is 17.8 Å². The van der Waals surface area contributed by atoms with E-state index in [-0.39, 0.29) is 25.0 Å². The molecule has 1 aromatic rings. The third-order valence-corrected chi connectivity index (χ3v) is 5.20. The topological polar surface area (TPSA) is 93.5 Å². The van der Waals surface area contributed by atoms with Crippen molar-refractivity contribution in [2.45, 2.75) is 71.3 Å². The quantitative estimate of drug-likeness (QED) is 0.702. The van der Waals surface area contributed by atoms with Crippen LogP contribution in [0, 0.1) is 19.8 Å². The molecule has 1 amide bonds. The van der Waals surface area contributed by atoms with E-state index in [2.05, 4.69) is 10.4 Å². The number of carboxylic acid groups (broad SMARTS) is 1. The lowest BCUT2D eigenvalue weighted by atomic mass is 9.84. The highest BCUT2D eigenvalue weighted by molar-refractivity contribution is 5.78. The van der Waals surface area contributed by atoms with Crippen LogP contribution in [0.5, 0.6) is 5.75 Å². The number of nitrogens with zero attached hydrogens (tertiary/aromatic N) is 2. The number of amides is 1. The second-order valence-corrected chi connectivity index (χ2v) is 7.35. The highest BCUT2D eigenvalue weighted by Gasteiger charge is 2.22. The summed E-state index contributed by atoms with van der Waals surface area (Å²) in [5.74, 6) is 0.174. The standard InChI is InChI=1S/C19H31N3O4/c1-13-19(14(2)22(3)21-13)26-12-17(23)20-16(9-10-18(24)25)11-15-7-5-4-6-8-15/h15-16H,4-12H2,1-3H3,(H,20,23)(H,24,25). The molecule has 26 heavy (non-hydrogen) atoms. The molecular weight excluding hydrogens is 334 g/mol. The van der Waals surface area contributed by atoms with Crippen molar-refractivity contribution in [2.24, 2.45) is 13.0 Å². The lowest BCUT2D eigenvalue weighted by molar-refractivity contribution is -0.137. The van der Waals surface area contributed by atoms with Crippen molar-refractivity contribution in [3.05, 3.63) is 11.4 Å². The van der Waals surface area contributed by atoms with Gasteiger partial charge in [-0.3, -0.25) is 14.3 Å². The fourth-order valence-corrected chi connectivity index (χ4v) is 3.74. The van der Waals surface area contributed by atoms with Gasteiger partial charge in [-0.05, 0) is 32.6 Å². The van der Waals surface area contributed by atoms with Gasteiger partial charge in [-0.1, -0.05) is 32.1 Å². The molecule has 7 nitrogen and oxygen atoms in total. The van der Waals surface area contributed by atoms with Gasteiger partial charge in [-0.2, -0.15) is 5.10 Å². The van der Waals surface area contributed by atoms with Gasteiger partial charge in [-0.25, -0.2) is 0 Å². The molecule has 0 aromatic carbocycles. The Morgan fingerprint density at radius 3 is 2.58 bits per heavy atom.